The third-order valence-electron chi connectivity index (χ3n) is 3.28. The van der Waals surface area contributed by atoms with E-state index in [9.17, 15) is 9.59 Å². The number of pyridine rings is 2. The van der Waals surface area contributed by atoms with E-state index in [1.165, 1.54) is 18.3 Å². The van der Waals surface area contributed by atoms with Crippen molar-refractivity contribution >= 4 is 11.8 Å². The van der Waals surface area contributed by atoms with Crippen molar-refractivity contribution < 1.29 is 9.59 Å². The van der Waals surface area contributed by atoms with E-state index in [-0.39, 0.29) is 17.6 Å². The fraction of sp³-hybridized carbons (Fsp3) is 0.200. The second kappa shape index (κ2) is 6.13. The summed E-state index contributed by atoms with van der Waals surface area (Å²) in [6.45, 7) is 1.89. The first kappa shape index (κ1) is 14.6. The summed E-state index contributed by atoms with van der Waals surface area (Å²) in [4.78, 5) is 33.0. The molecular weight excluding hydrogens is 268 g/mol. The largest absolute Gasteiger partial charge is 0.364 e. The molecule has 0 fully saturated rings. The zero-order valence-corrected chi connectivity index (χ0v) is 11.9. The van der Waals surface area contributed by atoms with Gasteiger partial charge in [-0.3, -0.25) is 19.6 Å². The van der Waals surface area contributed by atoms with Crippen LogP contribution in [0.3, 0.4) is 0 Å². The lowest BCUT2D eigenvalue weighted by Gasteiger charge is -2.24. The van der Waals surface area contributed by atoms with E-state index in [0.717, 1.165) is 5.69 Å². The van der Waals surface area contributed by atoms with Crippen LogP contribution in [-0.2, 0) is 0 Å². The molecule has 0 saturated heterocycles. The number of carbonyl (C=O) groups excluding carboxylic acids is 2. The van der Waals surface area contributed by atoms with Gasteiger partial charge in [-0.05, 0) is 31.2 Å². The summed E-state index contributed by atoms with van der Waals surface area (Å²) in [7, 11) is 1.70. The fourth-order valence-electron chi connectivity index (χ4n) is 1.87. The topological polar surface area (TPSA) is 89.2 Å². The van der Waals surface area contributed by atoms with Crippen LogP contribution < -0.4 is 5.73 Å². The summed E-state index contributed by atoms with van der Waals surface area (Å²) in [5.74, 6) is -0.819. The van der Waals surface area contributed by atoms with Gasteiger partial charge in [-0.25, -0.2) is 0 Å². The minimum absolute atomic E-state index is 0.131. The molecule has 1 atom stereocenters. The first-order valence-corrected chi connectivity index (χ1v) is 6.44. The number of hydrogen-bond donors (Lipinski definition) is 1. The van der Waals surface area contributed by atoms with Crippen LogP contribution in [0.4, 0.5) is 0 Å². The predicted molar refractivity (Wildman–Crippen MR) is 77.5 cm³/mol. The molecule has 6 heteroatoms. The molecule has 0 aliphatic carbocycles. The highest BCUT2D eigenvalue weighted by atomic mass is 16.2. The second-order valence-corrected chi connectivity index (χ2v) is 4.64. The van der Waals surface area contributed by atoms with E-state index in [0.29, 0.717) is 5.56 Å². The smallest absolute Gasteiger partial charge is 0.267 e. The molecule has 2 rings (SSSR count). The van der Waals surface area contributed by atoms with Gasteiger partial charge in [0.2, 0.25) is 0 Å². The molecule has 0 bridgehead atoms. The zero-order valence-electron chi connectivity index (χ0n) is 11.9. The Hall–Kier alpha value is -2.76. The highest BCUT2D eigenvalue weighted by molar-refractivity contribution is 5.95. The lowest BCUT2D eigenvalue weighted by atomic mass is 10.1. The highest BCUT2D eigenvalue weighted by Gasteiger charge is 2.20. The lowest BCUT2D eigenvalue weighted by molar-refractivity contribution is 0.0738. The van der Waals surface area contributed by atoms with Gasteiger partial charge in [-0.15, -0.1) is 0 Å². The van der Waals surface area contributed by atoms with Crippen LogP contribution in [0, 0.1) is 0 Å². The van der Waals surface area contributed by atoms with Crippen molar-refractivity contribution in [2.75, 3.05) is 7.05 Å². The quantitative estimate of drug-likeness (QED) is 0.919. The Bertz CT molecular complexity index is 640. The molecule has 2 amide bonds. The average Bonchev–Trinajstić information content (AvgIpc) is 2.53. The maximum Gasteiger partial charge on any atom is 0.267 e. The molecule has 0 spiro atoms. The second-order valence-electron chi connectivity index (χ2n) is 4.64. The number of aromatic nitrogens is 2. The number of hydrogen-bond acceptors (Lipinski definition) is 4. The maximum absolute atomic E-state index is 12.4. The molecule has 108 valence electrons. The molecule has 2 N–H and O–H groups in total. The normalized spacial score (nSPS) is 11.7. The molecule has 0 aromatic carbocycles. The van der Waals surface area contributed by atoms with E-state index in [1.54, 1.807) is 18.1 Å². The van der Waals surface area contributed by atoms with Crippen LogP contribution in [0.25, 0.3) is 0 Å². The van der Waals surface area contributed by atoms with Gasteiger partial charge in [-0.2, -0.15) is 0 Å². The van der Waals surface area contributed by atoms with Crippen molar-refractivity contribution in [3.63, 3.8) is 0 Å². The first-order valence-electron chi connectivity index (χ1n) is 6.44. The lowest BCUT2D eigenvalue weighted by Crippen LogP contribution is -2.30. The van der Waals surface area contributed by atoms with E-state index in [4.69, 9.17) is 5.73 Å². The van der Waals surface area contributed by atoms with Crippen molar-refractivity contribution in [2.24, 2.45) is 5.73 Å². The number of nitrogens with two attached hydrogens (primary N) is 1. The van der Waals surface area contributed by atoms with Gasteiger partial charge >= 0.3 is 0 Å². The van der Waals surface area contributed by atoms with Crippen molar-refractivity contribution in [3.8, 4) is 0 Å². The molecule has 21 heavy (non-hydrogen) atoms. The van der Waals surface area contributed by atoms with Crippen LogP contribution in [0.1, 0.15) is 39.5 Å². The van der Waals surface area contributed by atoms with Crippen molar-refractivity contribution in [1.82, 2.24) is 14.9 Å². The molecule has 0 aliphatic heterocycles. The number of carbonyl (C=O) groups is 2. The Balaban J connectivity index is 2.17. The van der Waals surface area contributed by atoms with E-state index in [1.807, 2.05) is 25.1 Å². The molecule has 2 aromatic rings. The Labute approximate surface area is 122 Å². The third kappa shape index (κ3) is 3.22. The molecule has 1 unspecified atom stereocenters. The van der Waals surface area contributed by atoms with Crippen LogP contribution in [0.15, 0.2) is 42.7 Å². The monoisotopic (exact) mass is 284 g/mol. The van der Waals surface area contributed by atoms with Gasteiger partial charge in [-0.1, -0.05) is 6.07 Å². The Morgan fingerprint density at radius 3 is 2.48 bits per heavy atom. The van der Waals surface area contributed by atoms with Crippen LogP contribution in [0.2, 0.25) is 0 Å². The number of primary amides is 1. The van der Waals surface area contributed by atoms with Gasteiger partial charge in [0.25, 0.3) is 11.8 Å². The summed E-state index contributed by atoms with van der Waals surface area (Å²) >= 11 is 0. The first-order chi connectivity index (χ1) is 10.0. The van der Waals surface area contributed by atoms with Gasteiger partial charge in [0.15, 0.2) is 0 Å². The Morgan fingerprint density at radius 1 is 1.19 bits per heavy atom. The molecule has 6 nitrogen and oxygen atoms in total. The molecule has 0 saturated carbocycles. The SMILES string of the molecule is CC(c1ccccn1)N(C)C(=O)c1ccc(C(N)=O)nc1. The average molecular weight is 284 g/mol. The van der Waals surface area contributed by atoms with Gasteiger partial charge in [0.1, 0.15) is 5.69 Å². The standard InChI is InChI=1S/C15H16N4O2/c1-10(12-5-3-4-8-17-12)19(2)15(21)11-6-7-13(14(16)20)18-9-11/h3-10H,1-2H3,(H2,16,20). The van der Waals surface area contributed by atoms with Crippen molar-refractivity contribution in [1.29, 1.82) is 0 Å². The van der Waals surface area contributed by atoms with Gasteiger partial charge < -0.3 is 10.6 Å². The number of amides is 2. The summed E-state index contributed by atoms with van der Waals surface area (Å²) in [6, 6.07) is 8.37. The predicted octanol–water partition coefficient (Wildman–Crippen LogP) is 1.41. The molecule has 0 aliphatic rings. The van der Waals surface area contributed by atoms with Crippen LogP contribution >= 0.6 is 0 Å². The Kier molecular flexibility index (Phi) is 4.27. The van der Waals surface area contributed by atoms with Crippen LogP contribution in [-0.4, -0.2) is 33.7 Å². The van der Waals surface area contributed by atoms with Crippen molar-refractivity contribution in [2.45, 2.75) is 13.0 Å². The molecule has 2 heterocycles. The highest BCUT2D eigenvalue weighted by Crippen LogP contribution is 2.18. The number of nitrogens with zero attached hydrogens (tertiary/aromatic N) is 3. The summed E-state index contributed by atoms with van der Waals surface area (Å²) in [5.41, 5.74) is 6.45. The van der Waals surface area contributed by atoms with Crippen molar-refractivity contribution in [3.05, 3.63) is 59.7 Å². The van der Waals surface area contributed by atoms with E-state index >= 15 is 0 Å². The molecule has 2 aromatic heterocycles. The summed E-state index contributed by atoms with van der Waals surface area (Å²) in [5, 5.41) is 0. The molecular formula is C15H16N4O2. The third-order valence-corrected chi connectivity index (χ3v) is 3.28. The fourth-order valence-corrected chi connectivity index (χ4v) is 1.87. The summed E-state index contributed by atoms with van der Waals surface area (Å²) in [6.07, 6.45) is 3.04. The van der Waals surface area contributed by atoms with E-state index < -0.39 is 5.91 Å². The van der Waals surface area contributed by atoms with E-state index in [2.05, 4.69) is 9.97 Å². The summed E-state index contributed by atoms with van der Waals surface area (Å²) < 4.78 is 0. The maximum atomic E-state index is 12.4. The minimum atomic E-state index is -0.621. The Morgan fingerprint density at radius 2 is 1.95 bits per heavy atom. The minimum Gasteiger partial charge on any atom is -0.364 e. The van der Waals surface area contributed by atoms with Gasteiger partial charge in [0.05, 0.1) is 17.3 Å². The van der Waals surface area contributed by atoms with Crippen LogP contribution in [0.5, 0.6) is 0 Å². The number of rotatable bonds is 4. The zero-order chi connectivity index (χ0) is 15.4. The van der Waals surface area contributed by atoms with Gasteiger partial charge in [0, 0.05) is 19.4 Å². The molecule has 0 radical (unpaired) electrons.